The Bertz CT molecular complexity index is 276. The van der Waals surface area contributed by atoms with E-state index >= 15 is 0 Å². The molecule has 3 aliphatic rings. The summed E-state index contributed by atoms with van der Waals surface area (Å²) in [5, 5.41) is 0. The predicted octanol–water partition coefficient (Wildman–Crippen LogP) is 2.65. The van der Waals surface area contributed by atoms with Crippen LogP contribution in [0.15, 0.2) is 0 Å². The summed E-state index contributed by atoms with van der Waals surface area (Å²) >= 11 is 4.69. The third-order valence-electron chi connectivity index (χ3n) is 5.48. The van der Waals surface area contributed by atoms with Gasteiger partial charge in [-0.15, -0.1) is 0 Å². The summed E-state index contributed by atoms with van der Waals surface area (Å²) in [4.78, 5) is 5.47. The van der Waals surface area contributed by atoms with Gasteiger partial charge in [-0.1, -0.05) is 19.3 Å². The number of piperazine rings is 1. The molecule has 0 aromatic carbocycles. The molecule has 2 aliphatic heterocycles. The smallest absolute Gasteiger partial charge is 0.0224 e. The first-order chi connectivity index (χ1) is 8.81. The van der Waals surface area contributed by atoms with E-state index < -0.39 is 0 Å². The molecule has 0 radical (unpaired) electrons. The largest absolute Gasteiger partial charge is 0.300 e. The van der Waals surface area contributed by atoms with Crippen molar-refractivity contribution in [3.8, 4) is 0 Å². The van der Waals surface area contributed by atoms with Crippen LogP contribution in [0.25, 0.3) is 0 Å². The van der Waals surface area contributed by atoms with Crippen LogP contribution >= 0.6 is 12.6 Å². The molecule has 0 amide bonds. The number of hydrogen-bond acceptors (Lipinski definition) is 3. The van der Waals surface area contributed by atoms with Gasteiger partial charge in [-0.05, 0) is 43.4 Å². The van der Waals surface area contributed by atoms with E-state index in [2.05, 4.69) is 22.4 Å². The van der Waals surface area contributed by atoms with Gasteiger partial charge in [0.2, 0.25) is 0 Å². The SMILES string of the molecule is SCC1(CN2CCN3CCCC3C2)CCCCC1. The summed E-state index contributed by atoms with van der Waals surface area (Å²) < 4.78 is 0. The van der Waals surface area contributed by atoms with Crippen molar-refractivity contribution in [3.63, 3.8) is 0 Å². The van der Waals surface area contributed by atoms with Gasteiger partial charge in [-0.2, -0.15) is 12.6 Å². The maximum atomic E-state index is 4.69. The number of hydrogen-bond donors (Lipinski definition) is 1. The van der Waals surface area contributed by atoms with Crippen LogP contribution in [0.1, 0.15) is 44.9 Å². The van der Waals surface area contributed by atoms with Gasteiger partial charge in [0, 0.05) is 32.2 Å². The second-order valence-electron chi connectivity index (χ2n) is 6.79. The summed E-state index contributed by atoms with van der Waals surface area (Å²) in [5.41, 5.74) is 0.544. The van der Waals surface area contributed by atoms with E-state index in [-0.39, 0.29) is 0 Å². The first-order valence-corrected chi connectivity index (χ1v) is 8.52. The van der Waals surface area contributed by atoms with E-state index in [0.717, 1.165) is 11.8 Å². The number of thiol groups is 1. The van der Waals surface area contributed by atoms with Crippen molar-refractivity contribution >= 4 is 12.6 Å². The molecule has 1 saturated carbocycles. The first-order valence-electron chi connectivity index (χ1n) is 7.89. The lowest BCUT2D eigenvalue weighted by Gasteiger charge is -2.44. The molecular formula is C15H28N2S. The summed E-state index contributed by atoms with van der Waals surface area (Å²) in [7, 11) is 0. The maximum Gasteiger partial charge on any atom is 0.0224 e. The third kappa shape index (κ3) is 2.73. The highest BCUT2D eigenvalue weighted by atomic mass is 32.1. The van der Waals surface area contributed by atoms with E-state index in [0.29, 0.717) is 5.41 Å². The van der Waals surface area contributed by atoms with E-state index in [4.69, 9.17) is 0 Å². The average Bonchev–Trinajstić information content (AvgIpc) is 2.87. The molecule has 3 fully saturated rings. The van der Waals surface area contributed by atoms with Gasteiger partial charge >= 0.3 is 0 Å². The van der Waals surface area contributed by atoms with Crippen LogP contribution in [0, 0.1) is 5.41 Å². The molecule has 18 heavy (non-hydrogen) atoms. The van der Waals surface area contributed by atoms with Crippen LogP contribution in [-0.4, -0.2) is 54.3 Å². The van der Waals surface area contributed by atoms with Crippen molar-refractivity contribution in [2.24, 2.45) is 5.41 Å². The molecule has 0 spiro atoms. The molecule has 0 aromatic rings. The molecule has 0 aromatic heterocycles. The fourth-order valence-electron chi connectivity index (χ4n) is 4.34. The Morgan fingerprint density at radius 3 is 2.61 bits per heavy atom. The predicted molar refractivity (Wildman–Crippen MR) is 80.4 cm³/mol. The van der Waals surface area contributed by atoms with Crippen LogP contribution in [-0.2, 0) is 0 Å². The summed E-state index contributed by atoms with van der Waals surface area (Å²) in [6, 6.07) is 0.874. The monoisotopic (exact) mass is 268 g/mol. The van der Waals surface area contributed by atoms with Gasteiger partial charge < -0.3 is 0 Å². The minimum absolute atomic E-state index is 0.544. The Morgan fingerprint density at radius 2 is 1.83 bits per heavy atom. The highest BCUT2D eigenvalue weighted by Gasteiger charge is 2.36. The topological polar surface area (TPSA) is 6.48 Å². The zero-order valence-corrected chi connectivity index (χ0v) is 12.5. The molecule has 1 aliphatic carbocycles. The normalized spacial score (nSPS) is 33.5. The minimum Gasteiger partial charge on any atom is -0.300 e. The quantitative estimate of drug-likeness (QED) is 0.786. The van der Waals surface area contributed by atoms with Gasteiger partial charge in [0.1, 0.15) is 0 Å². The molecule has 1 atom stereocenters. The lowest BCUT2D eigenvalue weighted by atomic mass is 9.75. The summed E-state index contributed by atoms with van der Waals surface area (Å²) in [5.74, 6) is 1.10. The van der Waals surface area contributed by atoms with Crippen molar-refractivity contribution < 1.29 is 0 Å². The van der Waals surface area contributed by atoms with E-state index in [1.165, 1.54) is 77.7 Å². The zero-order valence-electron chi connectivity index (χ0n) is 11.6. The molecule has 104 valence electrons. The molecule has 2 heterocycles. The first kappa shape index (κ1) is 13.3. The number of fused-ring (bicyclic) bond motifs is 1. The molecule has 3 heteroatoms. The fraction of sp³-hybridized carbons (Fsp3) is 1.00. The Labute approximate surface area is 118 Å². The Kier molecular flexibility index (Phi) is 4.21. The van der Waals surface area contributed by atoms with E-state index in [9.17, 15) is 0 Å². The van der Waals surface area contributed by atoms with E-state index in [1.807, 2.05) is 0 Å². The highest BCUT2D eigenvalue weighted by Crippen LogP contribution is 2.38. The lowest BCUT2D eigenvalue weighted by Crippen LogP contribution is -2.53. The zero-order chi connectivity index (χ0) is 12.4. The Balaban J connectivity index is 1.58. The van der Waals surface area contributed by atoms with Crippen LogP contribution in [0.4, 0.5) is 0 Å². The van der Waals surface area contributed by atoms with Crippen molar-refractivity contribution in [1.29, 1.82) is 0 Å². The fourth-order valence-corrected chi connectivity index (χ4v) is 4.76. The lowest BCUT2D eigenvalue weighted by molar-refractivity contribution is 0.0572. The van der Waals surface area contributed by atoms with Crippen molar-refractivity contribution in [1.82, 2.24) is 9.80 Å². The average molecular weight is 268 g/mol. The number of nitrogens with zero attached hydrogens (tertiary/aromatic N) is 2. The Morgan fingerprint density at radius 1 is 1.00 bits per heavy atom. The van der Waals surface area contributed by atoms with Crippen molar-refractivity contribution in [2.75, 3.05) is 38.5 Å². The highest BCUT2D eigenvalue weighted by molar-refractivity contribution is 7.80. The van der Waals surface area contributed by atoms with Crippen LogP contribution < -0.4 is 0 Å². The van der Waals surface area contributed by atoms with Gasteiger partial charge in [0.05, 0.1) is 0 Å². The van der Waals surface area contributed by atoms with Crippen molar-refractivity contribution in [3.05, 3.63) is 0 Å². The molecule has 0 N–H and O–H groups in total. The molecule has 3 rings (SSSR count). The molecule has 0 bridgehead atoms. The van der Waals surface area contributed by atoms with Crippen molar-refractivity contribution in [2.45, 2.75) is 51.0 Å². The van der Waals surface area contributed by atoms with Gasteiger partial charge in [-0.3, -0.25) is 9.80 Å². The maximum absolute atomic E-state index is 4.69. The molecule has 1 unspecified atom stereocenters. The standard InChI is InChI=1S/C15H28N2S/c18-13-15(6-2-1-3-7-15)12-16-9-10-17-8-4-5-14(17)11-16/h14,18H,1-13H2. The van der Waals surface area contributed by atoms with Crippen LogP contribution in [0.2, 0.25) is 0 Å². The number of rotatable bonds is 3. The molecular weight excluding hydrogens is 240 g/mol. The van der Waals surface area contributed by atoms with Gasteiger partial charge in [0.25, 0.3) is 0 Å². The third-order valence-corrected chi connectivity index (χ3v) is 6.15. The second kappa shape index (κ2) is 5.72. The van der Waals surface area contributed by atoms with Gasteiger partial charge in [0.15, 0.2) is 0 Å². The minimum atomic E-state index is 0.544. The van der Waals surface area contributed by atoms with Crippen LogP contribution in [0.5, 0.6) is 0 Å². The molecule has 2 saturated heterocycles. The second-order valence-corrected chi connectivity index (χ2v) is 7.10. The summed E-state index contributed by atoms with van der Waals surface area (Å²) in [6.45, 7) is 6.62. The summed E-state index contributed by atoms with van der Waals surface area (Å²) in [6.07, 6.45) is 10.0. The van der Waals surface area contributed by atoms with Gasteiger partial charge in [-0.25, -0.2) is 0 Å². The van der Waals surface area contributed by atoms with Crippen LogP contribution in [0.3, 0.4) is 0 Å². The molecule has 2 nitrogen and oxygen atoms in total. The Hall–Kier alpha value is 0.270. The van der Waals surface area contributed by atoms with E-state index in [1.54, 1.807) is 0 Å².